The van der Waals surface area contributed by atoms with Crippen molar-refractivity contribution in [2.45, 2.75) is 69.9 Å². The van der Waals surface area contributed by atoms with Gasteiger partial charge in [0, 0.05) is 6.54 Å². The molecule has 0 aromatic carbocycles. The molecule has 1 saturated heterocycles. The van der Waals surface area contributed by atoms with Crippen molar-refractivity contribution in [3.05, 3.63) is 0 Å². The number of Topliss-reactive ketones (excluding diaryl/α,β-unsaturated/α-hetero) is 1. The second-order valence-corrected chi connectivity index (χ2v) is 6.18. The Morgan fingerprint density at radius 1 is 1.14 bits per heavy atom. The van der Waals surface area contributed by atoms with Crippen LogP contribution in [0.1, 0.15) is 58.3 Å². The van der Waals surface area contributed by atoms with Gasteiger partial charge in [-0.15, -0.1) is 0 Å². The van der Waals surface area contributed by atoms with Crippen molar-refractivity contribution >= 4 is 17.7 Å². The summed E-state index contributed by atoms with van der Waals surface area (Å²) in [6.45, 7) is 2.32. The van der Waals surface area contributed by atoms with E-state index in [1.807, 2.05) is 0 Å². The molecule has 1 atom stereocenters. The van der Waals surface area contributed by atoms with Crippen molar-refractivity contribution in [2.24, 2.45) is 0 Å². The molecule has 1 aliphatic carbocycles. The van der Waals surface area contributed by atoms with E-state index < -0.39 is 29.3 Å². The van der Waals surface area contributed by atoms with E-state index in [0.717, 1.165) is 32.1 Å². The monoisotopic (exact) mass is 311 g/mol. The molecule has 0 aromatic heterocycles. The summed E-state index contributed by atoms with van der Waals surface area (Å²) in [6.07, 6.45) is 5.22. The first-order valence-electron chi connectivity index (χ1n) is 8.24. The maximum Gasteiger partial charge on any atom is 0.328 e. The molecule has 1 amide bonds. The molecule has 0 radical (unpaired) electrons. The van der Waals surface area contributed by atoms with Gasteiger partial charge in [0.1, 0.15) is 11.6 Å². The SMILES string of the molecule is CCOC(=O)[C@@H]1CCCCN1C(=O)C(=O)C1(O)CCCCC1. The van der Waals surface area contributed by atoms with Crippen LogP contribution in [0.2, 0.25) is 0 Å². The molecule has 2 rings (SSSR count). The quantitative estimate of drug-likeness (QED) is 0.623. The predicted octanol–water partition coefficient (Wildman–Crippen LogP) is 1.19. The van der Waals surface area contributed by atoms with Crippen molar-refractivity contribution in [3.63, 3.8) is 0 Å². The molecule has 0 unspecified atom stereocenters. The predicted molar refractivity (Wildman–Crippen MR) is 79.0 cm³/mol. The second kappa shape index (κ2) is 7.22. The first-order valence-corrected chi connectivity index (χ1v) is 8.24. The Bertz CT molecular complexity index is 442. The Labute approximate surface area is 130 Å². The Balaban J connectivity index is 2.11. The normalized spacial score (nSPS) is 24.6. The first kappa shape index (κ1) is 16.9. The number of carbonyl (C=O) groups is 3. The maximum absolute atomic E-state index is 12.5. The fourth-order valence-electron chi connectivity index (χ4n) is 3.35. The second-order valence-electron chi connectivity index (χ2n) is 6.18. The summed E-state index contributed by atoms with van der Waals surface area (Å²) in [5, 5.41) is 10.5. The Morgan fingerprint density at radius 2 is 1.82 bits per heavy atom. The third kappa shape index (κ3) is 3.48. The Kier molecular flexibility index (Phi) is 5.56. The van der Waals surface area contributed by atoms with E-state index >= 15 is 0 Å². The summed E-state index contributed by atoms with van der Waals surface area (Å²) in [7, 11) is 0. The molecule has 1 N–H and O–H groups in total. The van der Waals surface area contributed by atoms with Crippen LogP contribution >= 0.6 is 0 Å². The van der Waals surface area contributed by atoms with E-state index in [2.05, 4.69) is 0 Å². The molecule has 6 heteroatoms. The van der Waals surface area contributed by atoms with Gasteiger partial charge in [0.15, 0.2) is 0 Å². The lowest BCUT2D eigenvalue weighted by Crippen LogP contribution is -2.56. The molecule has 1 heterocycles. The number of carbonyl (C=O) groups excluding carboxylic acids is 3. The van der Waals surface area contributed by atoms with E-state index in [9.17, 15) is 19.5 Å². The highest BCUT2D eigenvalue weighted by molar-refractivity contribution is 6.39. The number of ether oxygens (including phenoxy) is 1. The third-order valence-electron chi connectivity index (χ3n) is 4.62. The molecule has 0 aromatic rings. The van der Waals surface area contributed by atoms with Gasteiger partial charge in [-0.25, -0.2) is 4.79 Å². The molecular weight excluding hydrogens is 286 g/mol. The van der Waals surface area contributed by atoms with E-state index in [-0.39, 0.29) is 6.61 Å². The van der Waals surface area contributed by atoms with Gasteiger partial charge in [-0.05, 0) is 39.0 Å². The topological polar surface area (TPSA) is 83.9 Å². The molecule has 2 aliphatic rings. The summed E-state index contributed by atoms with van der Waals surface area (Å²) >= 11 is 0. The molecule has 0 bridgehead atoms. The van der Waals surface area contributed by atoms with Crippen LogP contribution in [0.25, 0.3) is 0 Å². The van der Waals surface area contributed by atoms with Gasteiger partial charge in [0.2, 0.25) is 0 Å². The van der Waals surface area contributed by atoms with E-state index in [1.165, 1.54) is 4.90 Å². The fraction of sp³-hybridized carbons (Fsp3) is 0.812. The number of esters is 1. The summed E-state index contributed by atoms with van der Waals surface area (Å²) in [6, 6.07) is -0.697. The first-order chi connectivity index (χ1) is 10.5. The van der Waals surface area contributed by atoms with Crippen molar-refractivity contribution in [2.75, 3.05) is 13.2 Å². The lowest BCUT2D eigenvalue weighted by Gasteiger charge is -2.36. The molecule has 6 nitrogen and oxygen atoms in total. The minimum atomic E-state index is -1.55. The van der Waals surface area contributed by atoms with E-state index in [4.69, 9.17) is 4.74 Å². The molecule has 2 fully saturated rings. The average Bonchev–Trinajstić information content (AvgIpc) is 2.54. The smallest absolute Gasteiger partial charge is 0.328 e. The van der Waals surface area contributed by atoms with E-state index in [0.29, 0.717) is 25.8 Å². The summed E-state index contributed by atoms with van der Waals surface area (Å²) < 4.78 is 5.01. The third-order valence-corrected chi connectivity index (χ3v) is 4.62. The zero-order valence-corrected chi connectivity index (χ0v) is 13.2. The average molecular weight is 311 g/mol. The van der Waals surface area contributed by atoms with Crippen molar-refractivity contribution < 1.29 is 24.2 Å². The number of piperidine rings is 1. The highest BCUT2D eigenvalue weighted by Gasteiger charge is 2.45. The van der Waals surface area contributed by atoms with Crippen molar-refractivity contribution in [1.29, 1.82) is 0 Å². The van der Waals surface area contributed by atoms with Gasteiger partial charge in [-0.1, -0.05) is 19.3 Å². The van der Waals surface area contributed by atoms with Crippen LogP contribution in [-0.4, -0.2) is 52.5 Å². The highest BCUT2D eigenvalue weighted by atomic mass is 16.5. The lowest BCUT2D eigenvalue weighted by molar-refractivity contribution is -0.164. The molecule has 22 heavy (non-hydrogen) atoms. The van der Waals surface area contributed by atoms with Crippen LogP contribution in [0.5, 0.6) is 0 Å². The Morgan fingerprint density at radius 3 is 2.45 bits per heavy atom. The number of aliphatic hydroxyl groups is 1. The number of nitrogens with zero attached hydrogens (tertiary/aromatic N) is 1. The molecule has 1 saturated carbocycles. The van der Waals surface area contributed by atoms with Gasteiger partial charge in [0.05, 0.1) is 6.61 Å². The lowest BCUT2D eigenvalue weighted by atomic mass is 9.81. The van der Waals surface area contributed by atoms with Crippen LogP contribution in [-0.2, 0) is 19.1 Å². The highest BCUT2D eigenvalue weighted by Crippen LogP contribution is 2.30. The summed E-state index contributed by atoms with van der Waals surface area (Å²) in [5.41, 5.74) is -1.55. The summed E-state index contributed by atoms with van der Waals surface area (Å²) in [4.78, 5) is 38.3. The number of amides is 1. The van der Waals surface area contributed by atoms with Crippen LogP contribution in [0.4, 0.5) is 0 Å². The van der Waals surface area contributed by atoms with E-state index in [1.54, 1.807) is 6.92 Å². The standard InChI is InChI=1S/C16H25NO5/c1-2-22-15(20)12-8-4-7-11-17(12)14(19)13(18)16(21)9-5-3-6-10-16/h12,21H,2-11H2,1H3/t12-/m0/s1. The van der Waals surface area contributed by atoms with Crippen LogP contribution in [0.15, 0.2) is 0 Å². The number of likely N-dealkylation sites (tertiary alicyclic amines) is 1. The van der Waals surface area contributed by atoms with Crippen LogP contribution in [0, 0.1) is 0 Å². The Hall–Kier alpha value is -1.43. The van der Waals surface area contributed by atoms with Gasteiger partial charge in [0.25, 0.3) is 11.7 Å². The largest absolute Gasteiger partial charge is 0.464 e. The zero-order chi connectivity index (χ0) is 16.2. The van der Waals surface area contributed by atoms with Crippen molar-refractivity contribution in [1.82, 2.24) is 4.90 Å². The number of hydrogen-bond donors (Lipinski definition) is 1. The number of ketones is 1. The van der Waals surface area contributed by atoms with Gasteiger partial charge >= 0.3 is 5.97 Å². The van der Waals surface area contributed by atoms with Gasteiger partial charge in [-0.3, -0.25) is 9.59 Å². The molecule has 0 spiro atoms. The minimum absolute atomic E-state index is 0.245. The minimum Gasteiger partial charge on any atom is -0.464 e. The number of hydrogen-bond acceptors (Lipinski definition) is 5. The molecule has 1 aliphatic heterocycles. The fourth-order valence-corrected chi connectivity index (χ4v) is 3.35. The molecular formula is C16H25NO5. The van der Waals surface area contributed by atoms with Crippen molar-refractivity contribution in [3.8, 4) is 0 Å². The van der Waals surface area contributed by atoms with Gasteiger partial charge in [-0.2, -0.15) is 0 Å². The van der Waals surface area contributed by atoms with Gasteiger partial charge < -0.3 is 14.7 Å². The maximum atomic E-state index is 12.5. The van der Waals surface area contributed by atoms with Crippen LogP contribution < -0.4 is 0 Å². The molecule has 124 valence electrons. The number of rotatable bonds is 4. The summed E-state index contributed by atoms with van der Waals surface area (Å²) in [5.74, 6) is -1.95. The van der Waals surface area contributed by atoms with Crippen LogP contribution in [0.3, 0.4) is 0 Å². The zero-order valence-electron chi connectivity index (χ0n) is 13.2.